The molecule has 6 heteroatoms. The van der Waals surface area contributed by atoms with Gasteiger partial charge >= 0.3 is 0 Å². The largest absolute Gasteiger partial charge is 0.493 e. The normalized spacial score (nSPS) is 12.1. The smallest absolute Gasteiger partial charge is 0.237 e. The number of ether oxygens (including phenoxy) is 2. The first kappa shape index (κ1) is 20.5. The molecule has 0 aliphatic heterocycles. The Morgan fingerprint density at radius 3 is 2.45 bits per heavy atom. The van der Waals surface area contributed by atoms with E-state index in [2.05, 4.69) is 5.32 Å². The van der Waals surface area contributed by atoms with E-state index in [1.165, 1.54) is 0 Å². The molecular formula is C16H27ClN2O3. The van der Waals surface area contributed by atoms with Crippen LogP contribution >= 0.6 is 12.4 Å². The average molecular weight is 331 g/mol. The summed E-state index contributed by atoms with van der Waals surface area (Å²) in [5, 5.41) is 2.85. The van der Waals surface area contributed by atoms with Gasteiger partial charge in [-0.05, 0) is 30.0 Å². The Morgan fingerprint density at radius 2 is 1.95 bits per heavy atom. The van der Waals surface area contributed by atoms with Gasteiger partial charge in [-0.2, -0.15) is 0 Å². The van der Waals surface area contributed by atoms with Crippen LogP contribution in [-0.2, 0) is 11.3 Å². The summed E-state index contributed by atoms with van der Waals surface area (Å²) in [7, 11) is 1.59. The highest BCUT2D eigenvalue weighted by Crippen LogP contribution is 2.28. The number of hydrogen-bond acceptors (Lipinski definition) is 4. The van der Waals surface area contributed by atoms with Gasteiger partial charge in [-0.15, -0.1) is 12.4 Å². The van der Waals surface area contributed by atoms with E-state index in [1.807, 2.05) is 45.9 Å². The maximum Gasteiger partial charge on any atom is 0.237 e. The molecule has 1 amide bonds. The summed E-state index contributed by atoms with van der Waals surface area (Å²) in [6, 6.07) is 5.06. The molecule has 0 spiro atoms. The molecule has 0 heterocycles. The first-order valence-electron chi connectivity index (χ1n) is 7.12. The van der Waals surface area contributed by atoms with Crippen LogP contribution in [0.4, 0.5) is 0 Å². The molecule has 0 saturated heterocycles. The maximum atomic E-state index is 12.0. The second kappa shape index (κ2) is 8.86. The van der Waals surface area contributed by atoms with Crippen molar-refractivity contribution in [3.63, 3.8) is 0 Å². The maximum absolute atomic E-state index is 12.0. The molecule has 0 bridgehead atoms. The number of carbonyl (C=O) groups excluding carboxylic acids is 1. The summed E-state index contributed by atoms with van der Waals surface area (Å²) in [5.74, 6) is 1.19. The van der Waals surface area contributed by atoms with Gasteiger partial charge in [0.05, 0.1) is 19.8 Å². The van der Waals surface area contributed by atoms with Gasteiger partial charge in [0.25, 0.3) is 0 Å². The van der Waals surface area contributed by atoms with Crippen molar-refractivity contribution in [2.45, 2.75) is 40.3 Å². The molecule has 0 fully saturated rings. The van der Waals surface area contributed by atoms with E-state index < -0.39 is 6.04 Å². The Labute approximate surface area is 139 Å². The van der Waals surface area contributed by atoms with Gasteiger partial charge in [-0.25, -0.2) is 0 Å². The first-order chi connectivity index (χ1) is 9.79. The summed E-state index contributed by atoms with van der Waals surface area (Å²) in [6.07, 6.45) is 0. The Hall–Kier alpha value is -1.46. The molecule has 126 valence electrons. The zero-order valence-corrected chi connectivity index (χ0v) is 14.8. The first-order valence-corrected chi connectivity index (χ1v) is 7.12. The molecule has 22 heavy (non-hydrogen) atoms. The third-order valence-corrected chi connectivity index (χ3v) is 3.21. The number of rotatable bonds is 6. The van der Waals surface area contributed by atoms with Gasteiger partial charge in [-0.1, -0.05) is 26.8 Å². The Kier molecular flexibility index (Phi) is 8.27. The van der Waals surface area contributed by atoms with Gasteiger partial charge in [-0.3, -0.25) is 4.79 Å². The van der Waals surface area contributed by atoms with Crippen molar-refractivity contribution < 1.29 is 14.3 Å². The molecule has 0 saturated carbocycles. The summed E-state index contributed by atoms with van der Waals surface area (Å²) in [4.78, 5) is 12.0. The zero-order valence-electron chi connectivity index (χ0n) is 13.9. The molecule has 0 aliphatic carbocycles. The van der Waals surface area contributed by atoms with E-state index in [4.69, 9.17) is 15.2 Å². The van der Waals surface area contributed by atoms with Crippen LogP contribution in [-0.4, -0.2) is 25.7 Å². The third kappa shape index (κ3) is 5.73. The quantitative estimate of drug-likeness (QED) is 0.840. The lowest BCUT2D eigenvalue weighted by Gasteiger charge is -2.25. The van der Waals surface area contributed by atoms with E-state index in [-0.39, 0.29) is 23.7 Å². The fourth-order valence-electron chi connectivity index (χ4n) is 1.79. The Bertz CT molecular complexity index is 487. The minimum atomic E-state index is -0.540. The van der Waals surface area contributed by atoms with E-state index >= 15 is 0 Å². The number of nitrogens with two attached hydrogens (primary N) is 1. The molecule has 3 N–H and O–H groups in total. The summed E-state index contributed by atoms with van der Waals surface area (Å²) in [5.41, 5.74) is 6.59. The van der Waals surface area contributed by atoms with Gasteiger partial charge < -0.3 is 20.5 Å². The molecule has 0 aliphatic rings. The van der Waals surface area contributed by atoms with Crippen LogP contribution in [0.3, 0.4) is 0 Å². The molecule has 0 unspecified atom stereocenters. The van der Waals surface area contributed by atoms with Crippen molar-refractivity contribution in [2.24, 2.45) is 11.1 Å². The van der Waals surface area contributed by atoms with Crippen molar-refractivity contribution in [1.82, 2.24) is 5.32 Å². The number of amides is 1. The topological polar surface area (TPSA) is 73.6 Å². The van der Waals surface area contributed by atoms with Crippen molar-refractivity contribution in [1.29, 1.82) is 0 Å². The van der Waals surface area contributed by atoms with E-state index in [9.17, 15) is 4.79 Å². The molecule has 1 rings (SSSR count). The minimum absolute atomic E-state index is 0. The molecular weight excluding hydrogens is 304 g/mol. The SMILES string of the molecule is CCOc1ccc(CNC(=O)[C@@H](N)C(C)(C)C)cc1OC.Cl. The van der Waals surface area contributed by atoms with E-state index in [1.54, 1.807) is 7.11 Å². The Balaban J connectivity index is 0.00000441. The van der Waals surface area contributed by atoms with Crippen molar-refractivity contribution in [2.75, 3.05) is 13.7 Å². The number of hydrogen-bond donors (Lipinski definition) is 2. The van der Waals surface area contributed by atoms with Crippen LogP contribution < -0.4 is 20.5 Å². The van der Waals surface area contributed by atoms with Crippen LogP contribution in [0.5, 0.6) is 11.5 Å². The molecule has 1 aromatic carbocycles. The van der Waals surface area contributed by atoms with E-state index in [0.29, 0.717) is 24.7 Å². The minimum Gasteiger partial charge on any atom is -0.493 e. The second-order valence-electron chi connectivity index (χ2n) is 5.98. The van der Waals surface area contributed by atoms with Gasteiger partial charge in [0.1, 0.15) is 0 Å². The predicted molar refractivity (Wildman–Crippen MR) is 90.7 cm³/mol. The molecule has 1 aromatic rings. The molecule has 5 nitrogen and oxygen atoms in total. The lowest BCUT2D eigenvalue weighted by atomic mass is 9.87. The Morgan fingerprint density at radius 1 is 1.32 bits per heavy atom. The highest BCUT2D eigenvalue weighted by molar-refractivity contribution is 5.85. The van der Waals surface area contributed by atoms with Gasteiger partial charge in [0.15, 0.2) is 11.5 Å². The van der Waals surface area contributed by atoms with Crippen LogP contribution in [0, 0.1) is 5.41 Å². The van der Waals surface area contributed by atoms with Gasteiger partial charge in [0.2, 0.25) is 5.91 Å². The van der Waals surface area contributed by atoms with Crippen LogP contribution in [0.1, 0.15) is 33.3 Å². The summed E-state index contributed by atoms with van der Waals surface area (Å²) < 4.78 is 10.7. The highest BCUT2D eigenvalue weighted by Gasteiger charge is 2.27. The van der Waals surface area contributed by atoms with Gasteiger partial charge in [0, 0.05) is 6.54 Å². The summed E-state index contributed by atoms with van der Waals surface area (Å²) in [6.45, 7) is 8.73. The zero-order chi connectivity index (χ0) is 16.0. The second-order valence-corrected chi connectivity index (χ2v) is 5.98. The number of carbonyl (C=O) groups is 1. The predicted octanol–water partition coefficient (Wildman–Crippen LogP) is 2.51. The molecule has 0 aromatic heterocycles. The third-order valence-electron chi connectivity index (χ3n) is 3.21. The van der Waals surface area contributed by atoms with Crippen LogP contribution in [0.15, 0.2) is 18.2 Å². The highest BCUT2D eigenvalue weighted by atomic mass is 35.5. The van der Waals surface area contributed by atoms with Crippen molar-refractivity contribution >= 4 is 18.3 Å². The fourth-order valence-corrected chi connectivity index (χ4v) is 1.79. The van der Waals surface area contributed by atoms with Crippen molar-refractivity contribution in [3.8, 4) is 11.5 Å². The number of nitrogens with one attached hydrogen (secondary N) is 1. The van der Waals surface area contributed by atoms with Crippen LogP contribution in [0.25, 0.3) is 0 Å². The molecule has 1 atom stereocenters. The van der Waals surface area contributed by atoms with Crippen LogP contribution in [0.2, 0.25) is 0 Å². The number of benzene rings is 1. The lowest BCUT2D eigenvalue weighted by molar-refractivity contribution is -0.124. The molecule has 0 radical (unpaired) electrons. The number of halogens is 1. The lowest BCUT2D eigenvalue weighted by Crippen LogP contribution is -2.48. The van der Waals surface area contributed by atoms with Crippen molar-refractivity contribution in [3.05, 3.63) is 23.8 Å². The number of methoxy groups -OCH3 is 1. The average Bonchev–Trinajstić information content (AvgIpc) is 2.44. The standard InChI is InChI=1S/C16H26N2O3.ClH/c1-6-21-12-8-7-11(9-13(12)20-5)10-18-15(19)14(17)16(2,3)4;/h7-9,14H,6,10,17H2,1-5H3,(H,18,19);1H/t14-;/m1./s1. The van der Waals surface area contributed by atoms with E-state index in [0.717, 1.165) is 5.56 Å². The summed E-state index contributed by atoms with van der Waals surface area (Å²) >= 11 is 0. The fraction of sp³-hybridized carbons (Fsp3) is 0.562. The monoisotopic (exact) mass is 330 g/mol.